The molecule has 0 radical (unpaired) electrons. The molecule has 0 aliphatic heterocycles. The van der Waals surface area contributed by atoms with Gasteiger partial charge >= 0.3 is 0 Å². The Labute approximate surface area is 115 Å². The van der Waals surface area contributed by atoms with E-state index in [1.807, 2.05) is 0 Å². The maximum absolute atomic E-state index is 12.1. The molecule has 1 aromatic heterocycles. The number of hydrogen-bond acceptors (Lipinski definition) is 4. The van der Waals surface area contributed by atoms with Crippen LogP contribution in [-0.2, 0) is 9.84 Å². The number of halogens is 2. The Kier molecular flexibility index (Phi) is 4.04. The molecule has 3 nitrogen and oxygen atoms in total. The van der Waals surface area contributed by atoms with Crippen molar-refractivity contribution in [3.05, 3.63) is 19.2 Å². The number of carbonyl (C=O) groups excluding carboxylic acids is 1. The van der Waals surface area contributed by atoms with Crippen molar-refractivity contribution in [2.75, 3.05) is 6.26 Å². The first-order valence-electron chi connectivity index (χ1n) is 4.26. The van der Waals surface area contributed by atoms with E-state index >= 15 is 0 Å². The Balaban J connectivity index is 3.28. The summed E-state index contributed by atoms with van der Waals surface area (Å²) < 4.78 is 23.0. The van der Waals surface area contributed by atoms with E-state index in [9.17, 15) is 13.2 Å². The number of thiophene rings is 1. The molecule has 0 N–H and O–H groups in total. The molecule has 0 fully saturated rings. The summed E-state index contributed by atoms with van der Waals surface area (Å²) in [5.41, 5.74) is 0. The molecule has 0 aliphatic carbocycles. The largest absolute Gasteiger partial charge is 0.291 e. The van der Waals surface area contributed by atoms with Crippen molar-refractivity contribution in [3.8, 4) is 0 Å². The smallest absolute Gasteiger partial charge is 0.194 e. The summed E-state index contributed by atoms with van der Waals surface area (Å²) in [5.74, 6) is -0.391. The number of carbonyl (C=O) groups is 1. The van der Waals surface area contributed by atoms with Crippen molar-refractivity contribution >= 4 is 58.8 Å². The quantitative estimate of drug-likeness (QED) is 0.745. The van der Waals surface area contributed by atoms with E-state index < -0.39 is 20.4 Å². The molecule has 0 amide bonds. The molecule has 0 unspecified atom stereocenters. The zero-order valence-electron chi connectivity index (χ0n) is 8.87. The van der Waals surface area contributed by atoms with Gasteiger partial charge in [0, 0.05) is 16.1 Å². The summed E-state index contributed by atoms with van der Waals surface area (Å²) >= 11 is 7.74. The Hall–Kier alpha value is 0.280. The average molecular weight is 390 g/mol. The predicted octanol–water partition coefficient (Wildman–Crippen LogP) is 3.28. The highest BCUT2D eigenvalue weighted by atomic mass is 79.9. The number of Topliss-reactive ketones (excluding diaryl/α,β-unsaturated/α-hetero) is 1. The minimum Gasteiger partial charge on any atom is -0.291 e. The van der Waals surface area contributed by atoms with Gasteiger partial charge in [0.05, 0.1) is 9.35 Å². The van der Waals surface area contributed by atoms with Gasteiger partial charge in [-0.05, 0) is 45.7 Å². The van der Waals surface area contributed by atoms with Gasteiger partial charge in [-0.25, -0.2) is 8.42 Å². The maximum Gasteiger partial charge on any atom is 0.194 e. The van der Waals surface area contributed by atoms with E-state index in [1.165, 1.54) is 25.2 Å². The monoisotopic (exact) mass is 388 g/mol. The molecule has 0 spiro atoms. The summed E-state index contributed by atoms with van der Waals surface area (Å²) in [7, 11) is -3.44. The van der Waals surface area contributed by atoms with Gasteiger partial charge in [-0.1, -0.05) is 0 Å². The fraction of sp³-hybridized carbons (Fsp3) is 0.444. The first-order chi connectivity index (χ1) is 7.09. The summed E-state index contributed by atoms with van der Waals surface area (Å²) in [6.07, 6.45) is 1.07. The SMILES string of the molecule is CC(C)(C(=O)c1scc(Br)c1Br)S(C)(=O)=O. The van der Waals surface area contributed by atoms with Gasteiger partial charge in [-0.2, -0.15) is 0 Å². The summed E-state index contributed by atoms with van der Waals surface area (Å²) in [6, 6.07) is 0. The van der Waals surface area contributed by atoms with Gasteiger partial charge in [0.1, 0.15) is 4.75 Å². The summed E-state index contributed by atoms with van der Waals surface area (Å²) in [4.78, 5) is 12.5. The number of rotatable bonds is 3. The summed E-state index contributed by atoms with van der Waals surface area (Å²) in [6.45, 7) is 2.84. The van der Waals surface area contributed by atoms with Crippen molar-refractivity contribution in [3.63, 3.8) is 0 Å². The number of sulfone groups is 1. The molecule has 16 heavy (non-hydrogen) atoms. The highest BCUT2D eigenvalue weighted by Crippen LogP contribution is 2.36. The Morgan fingerprint density at radius 1 is 1.38 bits per heavy atom. The van der Waals surface area contributed by atoms with Crippen LogP contribution in [0.4, 0.5) is 0 Å². The van der Waals surface area contributed by atoms with Crippen LogP contribution in [0.25, 0.3) is 0 Å². The van der Waals surface area contributed by atoms with E-state index in [-0.39, 0.29) is 0 Å². The van der Waals surface area contributed by atoms with E-state index in [1.54, 1.807) is 5.38 Å². The minimum atomic E-state index is -3.44. The van der Waals surface area contributed by atoms with Crippen LogP contribution in [0.5, 0.6) is 0 Å². The van der Waals surface area contributed by atoms with Gasteiger partial charge in [0.2, 0.25) is 0 Å². The molecule has 1 aromatic rings. The van der Waals surface area contributed by atoms with Crippen molar-refractivity contribution in [2.24, 2.45) is 0 Å². The van der Waals surface area contributed by atoms with Crippen molar-refractivity contribution in [1.29, 1.82) is 0 Å². The molecule has 90 valence electrons. The van der Waals surface area contributed by atoms with Crippen LogP contribution in [0, 0.1) is 0 Å². The first-order valence-corrected chi connectivity index (χ1v) is 8.61. The van der Waals surface area contributed by atoms with Gasteiger partial charge in [-0.3, -0.25) is 4.79 Å². The Morgan fingerprint density at radius 3 is 2.19 bits per heavy atom. The molecule has 7 heteroatoms. The highest BCUT2D eigenvalue weighted by molar-refractivity contribution is 9.13. The van der Waals surface area contributed by atoms with E-state index in [4.69, 9.17) is 0 Å². The molecular formula is C9H10Br2O3S2. The lowest BCUT2D eigenvalue weighted by atomic mass is 10.1. The van der Waals surface area contributed by atoms with Crippen LogP contribution in [0.3, 0.4) is 0 Å². The standard InChI is InChI=1S/C9H10Br2O3S2/c1-9(2,16(3,13)14)8(12)7-6(11)5(10)4-15-7/h4H,1-3H3. The molecule has 1 heterocycles. The van der Waals surface area contributed by atoms with E-state index in [0.717, 1.165) is 10.7 Å². The molecule has 0 aromatic carbocycles. The molecule has 0 atom stereocenters. The van der Waals surface area contributed by atoms with Crippen molar-refractivity contribution in [2.45, 2.75) is 18.6 Å². The third-order valence-electron chi connectivity index (χ3n) is 2.37. The highest BCUT2D eigenvalue weighted by Gasteiger charge is 2.40. The first kappa shape index (κ1) is 14.3. The zero-order valence-corrected chi connectivity index (χ0v) is 13.7. The molecule has 0 saturated carbocycles. The van der Waals surface area contributed by atoms with Crippen molar-refractivity contribution < 1.29 is 13.2 Å². The maximum atomic E-state index is 12.1. The lowest BCUT2D eigenvalue weighted by Crippen LogP contribution is -2.39. The third-order valence-corrected chi connectivity index (χ3v) is 7.93. The Morgan fingerprint density at radius 2 is 1.88 bits per heavy atom. The van der Waals surface area contributed by atoms with Gasteiger partial charge in [-0.15, -0.1) is 11.3 Å². The second-order valence-corrected chi connectivity index (χ2v) is 8.93. The van der Waals surface area contributed by atoms with Crippen LogP contribution in [0.2, 0.25) is 0 Å². The van der Waals surface area contributed by atoms with Crippen LogP contribution >= 0.6 is 43.2 Å². The van der Waals surface area contributed by atoms with E-state index in [2.05, 4.69) is 31.9 Å². The van der Waals surface area contributed by atoms with Crippen molar-refractivity contribution in [1.82, 2.24) is 0 Å². The van der Waals surface area contributed by atoms with Gasteiger partial charge < -0.3 is 0 Å². The Bertz CT molecular complexity index is 529. The molecular weight excluding hydrogens is 380 g/mol. The number of hydrogen-bond donors (Lipinski definition) is 0. The van der Waals surface area contributed by atoms with Crippen LogP contribution < -0.4 is 0 Å². The molecule has 0 saturated heterocycles. The zero-order chi connectivity index (χ0) is 12.7. The fourth-order valence-electron chi connectivity index (χ4n) is 0.918. The normalized spacial score (nSPS) is 12.8. The lowest BCUT2D eigenvalue weighted by Gasteiger charge is -2.20. The minimum absolute atomic E-state index is 0.391. The molecule has 0 bridgehead atoms. The van der Waals surface area contributed by atoms with Gasteiger partial charge in [0.25, 0.3) is 0 Å². The summed E-state index contributed by atoms with van der Waals surface area (Å²) in [5, 5.41) is 1.75. The fourth-order valence-corrected chi connectivity index (χ4v) is 3.67. The lowest BCUT2D eigenvalue weighted by molar-refractivity contribution is 0.0957. The number of ketones is 1. The topological polar surface area (TPSA) is 51.2 Å². The van der Waals surface area contributed by atoms with Crippen LogP contribution in [0.15, 0.2) is 14.3 Å². The third kappa shape index (κ3) is 2.42. The average Bonchev–Trinajstić information content (AvgIpc) is 2.45. The predicted molar refractivity (Wildman–Crippen MR) is 73.0 cm³/mol. The second-order valence-electron chi connectivity index (χ2n) is 3.84. The van der Waals surface area contributed by atoms with Crippen LogP contribution in [0.1, 0.15) is 23.5 Å². The van der Waals surface area contributed by atoms with Gasteiger partial charge in [0.15, 0.2) is 15.6 Å². The van der Waals surface area contributed by atoms with Crippen LogP contribution in [-0.4, -0.2) is 25.2 Å². The second kappa shape index (κ2) is 4.51. The molecule has 1 rings (SSSR count). The molecule has 0 aliphatic rings. The van der Waals surface area contributed by atoms with E-state index in [0.29, 0.717) is 9.35 Å².